The number of aliphatic hydroxyl groups excluding tert-OH is 1. The first-order chi connectivity index (χ1) is 30.6. The zero-order chi connectivity index (χ0) is 46.6. The van der Waals surface area contributed by atoms with E-state index >= 15 is 0 Å². The molecule has 2 heterocycles. The SMILES string of the molecule is CO[C@H]1O[C@H](CO)[C@@H](OCc2ccccc2)[C@H](OCc2ccccc2)[C@@H]1OCCCC(=O)C(=CC(=O)[C@@H](OC(C)=O)[C@H](OC)C(=O)N1C(=O)OC(C)(C)[C@@H]1C(C)C)c1cccc(C)c1. The summed E-state index contributed by atoms with van der Waals surface area (Å²) in [5, 5.41) is 10.4. The van der Waals surface area contributed by atoms with Crippen molar-refractivity contribution in [2.24, 2.45) is 5.92 Å². The summed E-state index contributed by atoms with van der Waals surface area (Å²) in [6.07, 6.45) is -7.63. The molecule has 15 nitrogen and oxygen atoms in total. The van der Waals surface area contributed by atoms with Crippen LogP contribution < -0.4 is 0 Å². The fourth-order valence-corrected chi connectivity index (χ4v) is 8.29. The third-order valence-corrected chi connectivity index (χ3v) is 11.1. The Balaban J connectivity index is 1.38. The minimum atomic E-state index is -1.86. The van der Waals surface area contributed by atoms with Gasteiger partial charge in [-0.3, -0.25) is 19.2 Å². The number of ether oxygens (including phenoxy) is 8. The van der Waals surface area contributed by atoms with E-state index in [1.54, 1.807) is 32.0 Å². The number of imide groups is 1. The van der Waals surface area contributed by atoms with Crippen LogP contribution in [0.1, 0.15) is 69.7 Å². The molecule has 0 bridgehead atoms. The number of hydrogen-bond acceptors (Lipinski definition) is 14. The number of benzene rings is 3. The van der Waals surface area contributed by atoms with Crippen LogP contribution in [0.4, 0.5) is 4.79 Å². The number of methoxy groups -OCH3 is 2. The topological polar surface area (TPSA) is 183 Å². The van der Waals surface area contributed by atoms with E-state index in [-0.39, 0.29) is 50.8 Å². The summed E-state index contributed by atoms with van der Waals surface area (Å²) >= 11 is 0. The van der Waals surface area contributed by atoms with Crippen molar-refractivity contribution in [2.75, 3.05) is 27.4 Å². The number of esters is 1. The monoisotopic (exact) mass is 887 g/mol. The van der Waals surface area contributed by atoms with Crippen LogP contribution in [0.2, 0.25) is 0 Å². The van der Waals surface area contributed by atoms with Crippen molar-refractivity contribution >= 4 is 35.1 Å². The van der Waals surface area contributed by atoms with Crippen LogP contribution in [0.3, 0.4) is 0 Å². The molecule has 8 atom stereocenters. The largest absolute Gasteiger partial charge is 0.451 e. The molecular weight excluding hydrogens is 827 g/mol. The van der Waals surface area contributed by atoms with Gasteiger partial charge in [0.1, 0.15) is 30.0 Å². The molecule has 0 radical (unpaired) electrons. The van der Waals surface area contributed by atoms with Crippen molar-refractivity contribution in [3.63, 3.8) is 0 Å². The summed E-state index contributed by atoms with van der Waals surface area (Å²) in [6, 6.07) is 25.4. The number of carbonyl (C=O) groups is 5. The van der Waals surface area contributed by atoms with Gasteiger partial charge in [0.2, 0.25) is 0 Å². The minimum absolute atomic E-state index is 0.00470. The van der Waals surface area contributed by atoms with Gasteiger partial charge in [-0.2, -0.15) is 0 Å². The van der Waals surface area contributed by atoms with E-state index in [1.807, 2.05) is 87.5 Å². The standard InChI is InChI=1S/C49H61NO14/c1-30(2)45-49(5,6)64-48(56)50(45)46(55)43(57-7)40(62-32(4)52)38(54)26-36(35-22-15-17-31(3)25-35)37(53)23-16-24-59-44-42(61-29-34-20-13-10-14-21-34)41(39(27-51)63-47(44)58-8)60-28-33-18-11-9-12-19-33/h9-15,17-22,25-26,30,39-45,47,51H,16,23-24,27-29H2,1-8H3/t39-,40-,41-,42+,43+,44+,45+,47+/m1/s1. The molecule has 346 valence electrons. The van der Waals surface area contributed by atoms with Crippen LogP contribution in [0, 0.1) is 12.8 Å². The summed E-state index contributed by atoms with van der Waals surface area (Å²) in [6.45, 7) is 9.94. The number of carbonyl (C=O) groups excluding carboxylic acids is 5. The fourth-order valence-electron chi connectivity index (χ4n) is 8.29. The molecule has 0 saturated carbocycles. The first-order valence-corrected chi connectivity index (χ1v) is 21.4. The Bertz CT molecular complexity index is 2070. The summed E-state index contributed by atoms with van der Waals surface area (Å²) in [5.74, 6) is -3.43. The number of aliphatic hydroxyl groups is 1. The average molecular weight is 888 g/mol. The normalized spacial score (nSPS) is 23.1. The Morgan fingerprint density at radius 3 is 2.02 bits per heavy atom. The predicted molar refractivity (Wildman–Crippen MR) is 233 cm³/mol. The average Bonchev–Trinajstić information content (AvgIpc) is 3.53. The van der Waals surface area contributed by atoms with Crippen LogP contribution in [0.5, 0.6) is 0 Å². The maximum atomic E-state index is 14.3. The number of Topliss-reactive ketones (excluding diaryl/α,β-unsaturated/α-hetero) is 1. The van der Waals surface area contributed by atoms with Gasteiger partial charge in [-0.15, -0.1) is 0 Å². The third-order valence-electron chi connectivity index (χ3n) is 11.1. The van der Waals surface area contributed by atoms with Crippen molar-refractivity contribution in [1.82, 2.24) is 4.90 Å². The Labute approximate surface area is 374 Å². The molecule has 64 heavy (non-hydrogen) atoms. The number of cyclic esters (lactones) is 1. The Hall–Kier alpha value is -5.13. The van der Waals surface area contributed by atoms with Gasteiger partial charge in [-0.25, -0.2) is 9.69 Å². The number of allylic oxidation sites excluding steroid dienone is 1. The number of amides is 2. The van der Waals surface area contributed by atoms with Crippen LogP contribution in [-0.4, -0.2) is 122 Å². The maximum absolute atomic E-state index is 14.3. The third kappa shape index (κ3) is 12.6. The molecule has 2 fully saturated rings. The summed E-state index contributed by atoms with van der Waals surface area (Å²) in [4.78, 5) is 69.0. The van der Waals surface area contributed by atoms with Gasteiger partial charge < -0.3 is 43.0 Å². The van der Waals surface area contributed by atoms with Crippen LogP contribution >= 0.6 is 0 Å². The van der Waals surface area contributed by atoms with Crippen molar-refractivity contribution in [3.8, 4) is 0 Å². The van der Waals surface area contributed by atoms with E-state index in [2.05, 4.69) is 0 Å². The van der Waals surface area contributed by atoms with Gasteiger partial charge >= 0.3 is 12.1 Å². The maximum Gasteiger partial charge on any atom is 0.417 e. The predicted octanol–water partition coefficient (Wildman–Crippen LogP) is 5.95. The highest BCUT2D eigenvalue weighted by Crippen LogP contribution is 2.36. The smallest absolute Gasteiger partial charge is 0.417 e. The summed E-state index contributed by atoms with van der Waals surface area (Å²) < 4.78 is 47.6. The van der Waals surface area contributed by atoms with Crippen LogP contribution in [0.15, 0.2) is 91.0 Å². The molecule has 1 N–H and O–H groups in total. The fraction of sp³-hybridized carbons (Fsp3) is 0.490. The van der Waals surface area contributed by atoms with Crippen molar-refractivity contribution in [2.45, 2.75) is 122 Å². The summed E-state index contributed by atoms with van der Waals surface area (Å²) in [7, 11) is 2.61. The van der Waals surface area contributed by atoms with Gasteiger partial charge in [0.25, 0.3) is 5.91 Å². The molecule has 2 amide bonds. The molecule has 5 rings (SSSR count). The molecule has 0 spiro atoms. The molecule has 2 aliphatic heterocycles. The van der Waals surface area contributed by atoms with E-state index in [9.17, 15) is 29.1 Å². The molecule has 0 aliphatic carbocycles. The molecule has 15 heteroatoms. The summed E-state index contributed by atoms with van der Waals surface area (Å²) in [5.41, 5.74) is 1.96. The highest BCUT2D eigenvalue weighted by atomic mass is 16.7. The lowest BCUT2D eigenvalue weighted by Crippen LogP contribution is -2.61. The van der Waals surface area contributed by atoms with Crippen molar-refractivity contribution in [1.29, 1.82) is 0 Å². The second-order valence-corrected chi connectivity index (χ2v) is 16.7. The van der Waals surface area contributed by atoms with Crippen LogP contribution in [-0.2, 0) is 70.3 Å². The van der Waals surface area contributed by atoms with E-state index < -0.39 is 84.1 Å². The molecule has 3 aromatic carbocycles. The number of nitrogens with zero attached hydrogens (tertiary/aromatic N) is 1. The van der Waals surface area contributed by atoms with Gasteiger partial charge in [0.05, 0.1) is 25.9 Å². The molecule has 0 aromatic heterocycles. The Morgan fingerprint density at radius 2 is 1.47 bits per heavy atom. The van der Waals surface area contributed by atoms with Crippen LogP contribution in [0.25, 0.3) is 5.57 Å². The zero-order valence-corrected chi connectivity index (χ0v) is 37.8. The highest BCUT2D eigenvalue weighted by molar-refractivity contribution is 6.25. The quantitative estimate of drug-likeness (QED) is 0.0710. The van der Waals surface area contributed by atoms with E-state index in [1.165, 1.54) is 7.11 Å². The van der Waals surface area contributed by atoms with Gasteiger partial charge in [-0.05, 0) is 55.9 Å². The lowest BCUT2D eigenvalue weighted by molar-refractivity contribution is -0.319. The number of hydrogen-bond donors (Lipinski definition) is 1. The molecule has 2 aliphatic rings. The molecule has 2 saturated heterocycles. The van der Waals surface area contributed by atoms with E-state index in [0.29, 0.717) is 5.56 Å². The number of aryl methyl sites for hydroxylation is 1. The van der Waals surface area contributed by atoms with Gasteiger partial charge in [0, 0.05) is 39.7 Å². The molecule has 3 aromatic rings. The molecular formula is C49H61NO14. The van der Waals surface area contributed by atoms with Crippen molar-refractivity contribution < 1.29 is 67.0 Å². The molecule has 0 unspecified atom stereocenters. The Morgan fingerprint density at radius 1 is 0.844 bits per heavy atom. The van der Waals surface area contributed by atoms with Gasteiger partial charge in [0.15, 0.2) is 30.1 Å². The lowest BCUT2D eigenvalue weighted by atomic mass is 9.88. The van der Waals surface area contributed by atoms with E-state index in [4.69, 9.17) is 37.9 Å². The first kappa shape index (κ1) is 49.9. The second-order valence-electron chi connectivity index (χ2n) is 16.7. The Kier molecular flexibility index (Phi) is 18.1. The minimum Gasteiger partial charge on any atom is -0.451 e. The highest BCUT2D eigenvalue weighted by Gasteiger charge is 2.55. The lowest BCUT2D eigenvalue weighted by Gasteiger charge is -2.45. The van der Waals surface area contributed by atoms with Crippen molar-refractivity contribution in [3.05, 3.63) is 113 Å². The first-order valence-electron chi connectivity index (χ1n) is 21.4. The van der Waals surface area contributed by atoms with Gasteiger partial charge in [-0.1, -0.05) is 104 Å². The number of ketones is 2. The van der Waals surface area contributed by atoms with E-state index in [0.717, 1.165) is 41.7 Å². The number of rotatable bonds is 22. The zero-order valence-electron chi connectivity index (χ0n) is 37.8. The second kappa shape index (κ2) is 23.2.